The van der Waals surface area contributed by atoms with Crippen LogP contribution in [0.1, 0.15) is 45.4 Å². The van der Waals surface area contributed by atoms with Crippen LogP contribution in [0.4, 0.5) is 0 Å². The minimum Gasteiger partial charge on any atom is -0.359 e. The summed E-state index contributed by atoms with van der Waals surface area (Å²) in [7, 11) is 3.55. The minimum atomic E-state index is -0.143. The summed E-state index contributed by atoms with van der Waals surface area (Å²) in [4.78, 5) is 23.2. The van der Waals surface area contributed by atoms with Crippen LogP contribution in [0.3, 0.4) is 0 Å². The highest BCUT2D eigenvalue weighted by molar-refractivity contribution is 5.86. The standard InChI is InChI=1S/C13H26N2O2/c1-4-7-12(16)10-11(13(17)15-3)8-5-6-9-14-2/h11,14H,4-10H2,1-3H3,(H,15,17). The van der Waals surface area contributed by atoms with Gasteiger partial charge in [0.1, 0.15) is 5.78 Å². The highest BCUT2D eigenvalue weighted by atomic mass is 16.2. The highest BCUT2D eigenvalue weighted by Crippen LogP contribution is 2.15. The number of hydrogen-bond donors (Lipinski definition) is 2. The molecular weight excluding hydrogens is 216 g/mol. The van der Waals surface area contributed by atoms with Crippen molar-refractivity contribution in [2.24, 2.45) is 5.92 Å². The molecule has 0 aliphatic carbocycles. The molecule has 0 aromatic rings. The Labute approximate surface area is 105 Å². The molecule has 0 spiro atoms. The van der Waals surface area contributed by atoms with Crippen LogP contribution in [0.5, 0.6) is 0 Å². The van der Waals surface area contributed by atoms with Gasteiger partial charge in [-0.05, 0) is 32.9 Å². The summed E-state index contributed by atoms with van der Waals surface area (Å²) < 4.78 is 0. The van der Waals surface area contributed by atoms with Crippen LogP contribution in [0.25, 0.3) is 0 Å². The molecule has 0 aromatic heterocycles. The zero-order valence-corrected chi connectivity index (χ0v) is 11.3. The normalized spacial score (nSPS) is 12.2. The van der Waals surface area contributed by atoms with Gasteiger partial charge in [-0.25, -0.2) is 0 Å². The van der Waals surface area contributed by atoms with Crippen molar-refractivity contribution in [1.29, 1.82) is 0 Å². The lowest BCUT2D eigenvalue weighted by molar-refractivity contribution is -0.129. The Balaban J connectivity index is 4.05. The molecule has 0 aromatic carbocycles. The van der Waals surface area contributed by atoms with Gasteiger partial charge in [0, 0.05) is 25.8 Å². The number of carbonyl (C=O) groups is 2. The molecule has 4 heteroatoms. The van der Waals surface area contributed by atoms with E-state index >= 15 is 0 Å². The van der Waals surface area contributed by atoms with Crippen molar-refractivity contribution in [2.45, 2.75) is 45.4 Å². The van der Waals surface area contributed by atoms with Crippen LogP contribution in [-0.4, -0.2) is 32.3 Å². The highest BCUT2D eigenvalue weighted by Gasteiger charge is 2.19. The number of carbonyl (C=O) groups excluding carboxylic acids is 2. The molecule has 1 unspecified atom stereocenters. The van der Waals surface area contributed by atoms with E-state index in [0.717, 1.165) is 32.2 Å². The van der Waals surface area contributed by atoms with Crippen LogP contribution in [0, 0.1) is 5.92 Å². The maximum atomic E-state index is 11.6. The summed E-state index contributed by atoms with van der Waals surface area (Å²) in [5.74, 6) is 0.0598. The van der Waals surface area contributed by atoms with E-state index < -0.39 is 0 Å². The average Bonchev–Trinajstić information content (AvgIpc) is 2.32. The Bertz CT molecular complexity index is 229. The van der Waals surface area contributed by atoms with E-state index in [1.165, 1.54) is 0 Å². The fourth-order valence-electron chi connectivity index (χ4n) is 1.88. The average molecular weight is 242 g/mol. The summed E-state index contributed by atoms with van der Waals surface area (Å²) in [5, 5.41) is 5.72. The van der Waals surface area contributed by atoms with Gasteiger partial charge in [-0.2, -0.15) is 0 Å². The number of amides is 1. The summed E-state index contributed by atoms with van der Waals surface area (Å²) in [5.41, 5.74) is 0. The second-order valence-corrected chi connectivity index (χ2v) is 4.40. The fraction of sp³-hybridized carbons (Fsp3) is 0.846. The van der Waals surface area contributed by atoms with Gasteiger partial charge < -0.3 is 10.6 Å². The topological polar surface area (TPSA) is 58.2 Å². The molecule has 0 rings (SSSR count). The smallest absolute Gasteiger partial charge is 0.223 e. The third-order valence-corrected chi connectivity index (χ3v) is 2.85. The molecule has 17 heavy (non-hydrogen) atoms. The molecule has 0 heterocycles. The first-order valence-corrected chi connectivity index (χ1v) is 6.53. The zero-order valence-electron chi connectivity index (χ0n) is 11.3. The Hall–Kier alpha value is -0.900. The van der Waals surface area contributed by atoms with Gasteiger partial charge in [0.2, 0.25) is 5.91 Å². The molecule has 2 N–H and O–H groups in total. The van der Waals surface area contributed by atoms with Crippen molar-refractivity contribution in [1.82, 2.24) is 10.6 Å². The molecular formula is C13H26N2O2. The predicted octanol–water partition coefficient (Wildman–Crippen LogP) is 1.50. The number of nitrogens with one attached hydrogen (secondary N) is 2. The lowest BCUT2D eigenvalue weighted by atomic mass is 9.94. The summed E-state index contributed by atoms with van der Waals surface area (Å²) in [6.07, 6.45) is 4.68. The van der Waals surface area contributed by atoms with E-state index in [1.54, 1.807) is 7.05 Å². The van der Waals surface area contributed by atoms with Crippen LogP contribution >= 0.6 is 0 Å². The second kappa shape index (κ2) is 10.3. The first-order valence-electron chi connectivity index (χ1n) is 6.53. The molecule has 0 fully saturated rings. The zero-order chi connectivity index (χ0) is 13.1. The van der Waals surface area contributed by atoms with Crippen molar-refractivity contribution in [3.8, 4) is 0 Å². The quantitative estimate of drug-likeness (QED) is 0.571. The molecule has 1 atom stereocenters. The van der Waals surface area contributed by atoms with Gasteiger partial charge in [-0.15, -0.1) is 0 Å². The van der Waals surface area contributed by atoms with E-state index in [1.807, 2.05) is 14.0 Å². The molecule has 0 aliphatic heterocycles. The number of ketones is 1. The lowest BCUT2D eigenvalue weighted by Crippen LogP contribution is -2.29. The minimum absolute atomic E-state index is 0.00101. The van der Waals surface area contributed by atoms with Crippen molar-refractivity contribution in [3.05, 3.63) is 0 Å². The van der Waals surface area contributed by atoms with Gasteiger partial charge in [-0.1, -0.05) is 13.3 Å². The molecule has 0 saturated carbocycles. The van der Waals surface area contributed by atoms with E-state index in [-0.39, 0.29) is 17.6 Å². The molecule has 0 radical (unpaired) electrons. The molecule has 1 amide bonds. The first-order chi connectivity index (χ1) is 8.15. The Morgan fingerprint density at radius 2 is 1.88 bits per heavy atom. The van der Waals surface area contributed by atoms with Crippen molar-refractivity contribution in [2.75, 3.05) is 20.6 Å². The number of Topliss-reactive ketones (excluding diaryl/α,β-unsaturated/α-hetero) is 1. The van der Waals surface area contributed by atoms with E-state index in [0.29, 0.717) is 12.8 Å². The fourth-order valence-corrected chi connectivity index (χ4v) is 1.88. The molecule has 0 aliphatic rings. The first kappa shape index (κ1) is 16.1. The van der Waals surface area contributed by atoms with Crippen molar-refractivity contribution in [3.63, 3.8) is 0 Å². The van der Waals surface area contributed by atoms with Gasteiger partial charge in [-0.3, -0.25) is 9.59 Å². The molecule has 100 valence electrons. The van der Waals surface area contributed by atoms with E-state index in [4.69, 9.17) is 0 Å². The van der Waals surface area contributed by atoms with Gasteiger partial charge >= 0.3 is 0 Å². The Morgan fingerprint density at radius 3 is 2.41 bits per heavy atom. The Morgan fingerprint density at radius 1 is 1.18 bits per heavy atom. The van der Waals surface area contributed by atoms with Crippen LogP contribution < -0.4 is 10.6 Å². The second-order valence-electron chi connectivity index (χ2n) is 4.40. The maximum absolute atomic E-state index is 11.6. The number of unbranched alkanes of at least 4 members (excludes halogenated alkanes) is 1. The third-order valence-electron chi connectivity index (χ3n) is 2.85. The van der Waals surface area contributed by atoms with E-state index in [2.05, 4.69) is 10.6 Å². The monoisotopic (exact) mass is 242 g/mol. The molecule has 0 saturated heterocycles. The number of hydrogen-bond acceptors (Lipinski definition) is 3. The Kier molecular flexibility index (Phi) is 9.72. The largest absolute Gasteiger partial charge is 0.359 e. The molecule has 4 nitrogen and oxygen atoms in total. The van der Waals surface area contributed by atoms with E-state index in [9.17, 15) is 9.59 Å². The summed E-state index contributed by atoms with van der Waals surface area (Å²) in [6.45, 7) is 2.95. The van der Waals surface area contributed by atoms with Gasteiger partial charge in [0.15, 0.2) is 0 Å². The maximum Gasteiger partial charge on any atom is 0.223 e. The van der Waals surface area contributed by atoms with Crippen LogP contribution in [0.15, 0.2) is 0 Å². The predicted molar refractivity (Wildman–Crippen MR) is 69.9 cm³/mol. The lowest BCUT2D eigenvalue weighted by Gasteiger charge is -2.14. The van der Waals surface area contributed by atoms with Gasteiger partial charge in [0.25, 0.3) is 0 Å². The van der Waals surface area contributed by atoms with Crippen molar-refractivity contribution >= 4 is 11.7 Å². The van der Waals surface area contributed by atoms with Gasteiger partial charge in [0.05, 0.1) is 0 Å². The molecule has 0 bridgehead atoms. The third kappa shape index (κ3) is 7.91. The van der Waals surface area contributed by atoms with Crippen LogP contribution in [-0.2, 0) is 9.59 Å². The van der Waals surface area contributed by atoms with Crippen LogP contribution in [0.2, 0.25) is 0 Å². The summed E-state index contributed by atoms with van der Waals surface area (Å²) >= 11 is 0. The SMILES string of the molecule is CCCC(=O)CC(CCCCNC)C(=O)NC. The number of rotatable bonds is 10. The summed E-state index contributed by atoms with van der Waals surface area (Å²) in [6, 6.07) is 0. The van der Waals surface area contributed by atoms with Crippen molar-refractivity contribution < 1.29 is 9.59 Å².